The largest absolute Gasteiger partial charge is 0.475 e. The quantitative estimate of drug-likeness (QED) is 0.199. The number of alkyl halides is 6. The van der Waals surface area contributed by atoms with E-state index >= 15 is 0 Å². The first-order valence-electron chi connectivity index (χ1n) is 8.95. The molecule has 1 fully saturated rings. The van der Waals surface area contributed by atoms with Crippen molar-refractivity contribution in [1.29, 1.82) is 0 Å². The monoisotopic (exact) mass is 555 g/mol. The third-order valence-corrected chi connectivity index (χ3v) is 4.55. The van der Waals surface area contributed by atoms with Crippen LogP contribution in [0.5, 0.6) is 5.88 Å². The summed E-state index contributed by atoms with van der Waals surface area (Å²) in [5, 5.41) is 2.94. The van der Waals surface area contributed by atoms with E-state index in [0.29, 0.717) is 19.0 Å². The van der Waals surface area contributed by atoms with E-state index in [4.69, 9.17) is 4.74 Å². The predicted octanol–water partition coefficient (Wildman–Crippen LogP) is 3.24. The average molecular weight is 555 g/mol. The molecule has 1 aromatic heterocycles. The Morgan fingerprint density at radius 2 is 1.83 bits per heavy atom. The number of halogens is 7. The first-order valence-corrected chi connectivity index (χ1v) is 8.95. The molecule has 1 aliphatic rings. The third kappa shape index (κ3) is 7.32. The van der Waals surface area contributed by atoms with Crippen molar-refractivity contribution in [1.82, 2.24) is 20.1 Å². The fraction of sp³-hybridized carbons (Fsp3) is 0.647. The molecule has 30 heavy (non-hydrogen) atoms. The van der Waals surface area contributed by atoms with Crippen LogP contribution in [0.2, 0.25) is 0 Å². The van der Waals surface area contributed by atoms with Crippen LogP contribution in [0, 0.1) is 0 Å². The maximum atomic E-state index is 12.9. The van der Waals surface area contributed by atoms with E-state index in [1.54, 1.807) is 4.90 Å². The Hall–Kier alpha value is -1.51. The van der Waals surface area contributed by atoms with Crippen LogP contribution in [-0.4, -0.2) is 79.3 Å². The van der Waals surface area contributed by atoms with Crippen LogP contribution < -0.4 is 10.1 Å². The van der Waals surface area contributed by atoms with Crippen LogP contribution in [0.1, 0.15) is 12.5 Å². The molecule has 2 rings (SSSR count). The summed E-state index contributed by atoms with van der Waals surface area (Å²) in [6, 6.07) is 0.541. The molecule has 1 aromatic rings. The number of rotatable bonds is 5. The Morgan fingerprint density at radius 3 is 2.37 bits per heavy atom. The summed E-state index contributed by atoms with van der Waals surface area (Å²) < 4.78 is 82.3. The number of pyridine rings is 1. The maximum absolute atomic E-state index is 12.9. The molecule has 1 saturated heterocycles. The van der Waals surface area contributed by atoms with Gasteiger partial charge in [0.25, 0.3) is 0 Å². The highest BCUT2D eigenvalue weighted by Gasteiger charge is 2.41. The van der Waals surface area contributed by atoms with Gasteiger partial charge >= 0.3 is 12.4 Å². The number of aromatic nitrogens is 1. The van der Waals surface area contributed by atoms with Crippen molar-refractivity contribution in [3.63, 3.8) is 0 Å². The molecule has 0 spiro atoms. The number of hydrogen-bond donors (Lipinski definition) is 1. The topological polar surface area (TPSA) is 53.0 Å². The molecular weight excluding hydrogens is 531 g/mol. The Balaban J connectivity index is 0.00000450. The van der Waals surface area contributed by atoms with Crippen molar-refractivity contribution in [2.75, 3.05) is 46.4 Å². The van der Waals surface area contributed by atoms with Crippen LogP contribution in [0.4, 0.5) is 26.3 Å². The Kier molecular flexibility index (Phi) is 9.91. The second kappa shape index (κ2) is 11.2. The van der Waals surface area contributed by atoms with Crippen LogP contribution >= 0.6 is 24.0 Å². The minimum absolute atomic E-state index is 0. The van der Waals surface area contributed by atoms with Crippen molar-refractivity contribution in [2.45, 2.75) is 25.3 Å². The van der Waals surface area contributed by atoms with Gasteiger partial charge in [-0.3, -0.25) is 9.89 Å². The van der Waals surface area contributed by atoms with Crippen molar-refractivity contribution in [2.24, 2.45) is 4.99 Å². The first kappa shape index (κ1) is 26.5. The van der Waals surface area contributed by atoms with Crippen LogP contribution in [-0.2, 0) is 6.18 Å². The highest BCUT2D eigenvalue weighted by atomic mass is 127. The molecule has 0 amide bonds. The van der Waals surface area contributed by atoms with Gasteiger partial charge in [-0.1, -0.05) is 0 Å². The van der Waals surface area contributed by atoms with Gasteiger partial charge in [0.15, 0.2) is 5.96 Å². The number of nitrogens with one attached hydrogen (secondary N) is 1. The highest BCUT2D eigenvalue weighted by Crippen LogP contribution is 2.34. The third-order valence-electron chi connectivity index (χ3n) is 4.55. The second-order valence-electron chi connectivity index (χ2n) is 6.42. The van der Waals surface area contributed by atoms with Gasteiger partial charge in [-0.2, -0.15) is 26.3 Å². The molecule has 2 heterocycles. The normalized spacial score (nSPS) is 17.3. The van der Waals surface area contributed by atoms with Crippen LogP contribution in [0.25, 0.3) is 0 Å². The zero-order valence-electron chi connectivity index (χ0n) is 16.4. The molecule has 6 nitrogen and oxygen atoms in total. The summed E-state index contributed by atoms with van der Waals surface area (Å²) in [4.78, 5) is 10.8. The number of nitrogens with zero attached hydrogens (tertiary/aromatic N) is 4. The van der Waals surface area contributed by atoms with Gasteiger partial charge in [0.05, 0.1) is 6.54 Å². The van der Waals surface area contributed by atoms with Crippen molar-refractivity contribution < 1.29 is 31.1 Å². The number of piperazine rings is 1. The van der Waals surface area contributed by atoms with E-state index in [0.717, 1.165) is 13.0 Å². The number of aliphatic imine (C=N–C) groups is 1. The van der Waals surface area contributed by atoms with E-state index in [2.05, 4.69) is 15.3 Å². The van der Waals surface area contributed by atoms with E-state index in [1.807, 2.05) is 0 Å². The number of ether oxygens (including phenoxy) is 1. The average Bonchev–Trinajstić information content (AvgIpc) is 2.66. The highest BCUT2D eigenvalue weighted by molar-refractivity contribution is 14.0. The minimum Gasteiger partial charge on any atom is -0.475 e. The lowest BCUT2D eigenvalue weighted by Crippen LogP contribution is -2.57. The van der Waals surface area contributed by atoms with Gasteiger partial charge in [-0.15, -0.1) is 24.0 Å². The minimum atomic E-state index is -4.57. The first-order chi connectivity index (χ1) is 13.5. The summed E-state index contributed by atoms with van der Waals surface area (Å²) >= 11 is 0. The van der Waals surface area contributed by atoms with Crippen molar-refractivity contribution in [3.05, 3.63) is 23.9 Å². The lowest BCUT2D eigenvalue weighted by atomic mass is 10.2. The van der Waals surface area contributed by atoms with Crippen molar-refractivity contribution in [3.8, 4) is 5.88 Å². The molecular formula is C17H24F6IN5O. The van der Waals surface area contributed by atoms with E-state index in [1.165, 1.54) is 24.2 Å². The molecule has 0 saturated carbocycles. The maximum Gasteiger partial charge on any atom is 0.421 e. The molecule has 0 radical (unpaired) electrons. The molecule has 0 bridgehead atoms. The predicted molar refractivity (Wildman–Crippen MR) is 110 cm³/mol. The molecule has 172 valence electrons. The summed E-state index contributed by atoms with van der Waals surface area (Å²) in [6.45, 7) is 2.33. The summed E-state index contributed by atoms with van der Waals surface area (Å²) in [6.07, 6.45) is -7.64. The SMILES string of the molecule is CN=C(NCCOc1ncccc1C(F)(F)F)N1CCN(C(C)C(F)(F)F)CC1.I. The summed E-state index contributed by atoms with van der Waals surface area (Å²) in [5.41, 5.74) is -0.959. The molecule has 0 aliphatic carbocycles. The van der Waals surface area contributed by atoms with E-state index in [-0.39, 0.29) is 50.2 Å². The zero-order chi connectivity index (χ0) is 21.7. The van der Waals surface area contributed by atoms with Gasteiger partial charge in [0.2, 0.25) is 5.88 Å². The lowest BCUT2D eigenvalue weighted by Gasteiger charge is -2.39. The van der Waals surface area contributed by atoms with Gasteiger partial charge in [-0.25, -0.2) is 4.98 Å². The lowest BCUT2D eigenvalue weighted by molar-refractivity contribution is -0.181. The van der Waals surface area contributed by atoms with Gasteiger partial charge < -0.3 is 15.0 Å². The standard InChI is InChI=1S/C17H23F6N5O.HI/c1-12(16(18,19)20)27-7-9-28(10-8-27)15(24-2)26-6-11-29-14-13(17(21,22)23)4-3-5-25-14;/h3-5,12H,6-11H2,1-2H3,(H,24,26);1H. The molecule has 1 N–H and O–H groups in total. The number of hydrogen-bond acceptors (Lipinski definition) is 4. The fourth-order valence-corrected chi connectivity index (χ4v) is 2.89. The Morgan fingerprint density at radius 1 is 1.20 bits per heavy atom. The van der Waals surface area contributed by atoms with Crippen molar-refractivity contribution >= 4 is 29.9 Å². The molecule has 0 aromatic carbocycles. The van der Waals surface area contributed by atoms with Gasteiger partial charge in [-0.05, 0) is 19.1 Å². The van der Waals surface area contributed by atoms with E-state index < -0.39 is 29.8 Å². The van der Waals surface area contributed by atoms with Crippen LogP contribution in [0.3, 0.4) is 0 Å². The fourth-order valence-electron chi connectivity index (χ4n) is 2.89. The molecule has 1 aliphatic heterocycles. The molecule has 1 unspecified atom stereocenters. The molecule has 13 heteroatoms. The zero-order valence-corrected chi connectivity index (χ0v) is 18.8. The van der Waals surface area contributed by atoms with Gasteiger partial charge in [0, 0.05) is 39.4 Å². The Bertz CT molecular complexity index is 692. The second-order valence-corrected chi connectivity index (χ2v) is 6.42. The summed E-state index contributed by atoms with van der Waals surface area (Å²) in [7, 11) is 1.52. The molecule has 1 atom stereocenters. The van der Waals surface area contributed by atoms with Gasteiger partial charge in [0.1, 0.15) is 18.2 Å². The number of guanidine groups is 1. The van der Waals surface area contributed by atoms with E-state index in [9.17, 15) is 26.3 Å². The summed E-state index contributed by atoms with van der Waals surface area (Å²) in [5.74, 6) is -0.0588. The smallest absolute Gasteiger partial charge is 0.421 e. The Labute approximate surface area is 187 Å². The van der Waals surface area contributed by atoms with Crippen LogP contribution in [0.15, 0.2) is 23.3 Å².